The van der Waals surface area contributed by atoms with E-state index < -0.39 is 5.97 Å². The number of aromatic nitrogens is 2. The molecule has 0 saturated heterocycles. The smallest absolute Gasteiger partial charge is 0.358 e. The molecular weight excluding hydrogens is 292 g/mol. The Balaban J connectivity index is 2.04. The number of benzene rings is 1. The third kappa shape index (κ3) is 2.43. The minimum absolute atomic E-state index is 0.00227. The second-order valence-corrected chi connectivity index (χ2v) is 4.98. The number of thiazole rings is 1. The average molecular weight is 304 g/mol. The number of hydrogen-bond acceptors (Lipinski definition) is 5. The van der Waals surface area contributed by atoms with Gasteiger partial charge in [0.05, 0.1) is 6.61 Å². The van der Waals surface area contributed by atoms with Crippen molar-refractivity contribution in [3.05, 3.63) is 41.5 Å². The van der Waals surface area contributed by atoms with Crippen molar-refractivity contribution in [2.24, 2.45) is 0 Å². The Morgan fingerprint density at radius 3 is 2.86 bits per heavy atom. The lowest BCUT2D eigenvalue weighted by Gasteiger charge is -2.09. The molecule has 0 aliphatic carbocycles. The molecule has 0 radical (unpaired) electrons. The largest absolute Gasteiger partial charge is 0.490 e. The van der Waals surface area contributed by atoms with E-state index in [1.165, 1.54) is 15.7 Å². The highest BCUT2D eigenvalue weighted by atomic mass is 32.1. The summed E-state index contributed by atoms with van der Waals surface area (Å²) >= 11 is 1.34. The maximum Gasteiger partial charge on any atom is 0.358 e. The van der Waals surface area contributed by atoms with E-state index in [1.807, 2.05) is 13.0 Å². The Morgan fingerprint density at radius 1 is 1.38 bits per heavy atom. The van der Waals surface area contributed by atoms with Crippen LogP contribution in [0.2, 0.25) is 0 Å². The zero-order valence-electron chi connectivity index (χ0n) is 11.1. The highest BCUT2D eigenvalue weighted by Crippen LogP contribution is 2.33. The maximum absolute atomic E-state index is 11.4. The van der Waals surface area contributed by atoms with Gasteiger partial charge in [-0.05, 0) is 19.1 Å². The van der Waals surface area contributed by atoms with Crippen molar-refractivity contribution in [1.82, 2.24) is 9.38 Å². The number of para-hydroxylation sites is 2. The lowest BCUT2D eigenvalue weighted by Crippen LogP contribution is -2.03. The van der Waals surface area contributed by atoms with Gasteiger partial charge in [-0.25, -0.2) is 4.79 Å². The van der Waals surface area contributed by atoms with Crippen LogP contribution in [0.15, 0.2) is 35.8 Å². The molecule has 2 aromatic heterocycles. The predicted octanol–water partition coefficient (Wildman–Crippen LogP) is 3.29. The molecule has 3 aromatic rings. The summed E-state index contributed by atoms with van der Waals surface area (Å²) in [5.74, 6) is -0.0495. The molecule has 0 bridgehead atoms. The van der Waals surface area contributed by atoms with Gasteiger partial charge in [0.1, 0.15) is 0 Å². The molecule has 0 atom stereocenters. The molecule has 0 amide bonds. The molecule has 6 nitrogen and oxygen atoms in total. The predicted molar refractivity (Wildman–Crippen MR) is 77.7 cm³/mol. The second-order valence-electron chi connectivity index (χ2n) is 4.11. The molecule has 3 rings (SSSR count). The molecule has 0 unspecified atom stereocenters. The van der Waals surface area contributed by atoms with Crippen molar-refractivity contribution in [2.75, 3.05) is 6.61 Å². The molecule has 0 fully saturated rings. The molecule has 0 aliphatic heterocycles. The van der Waals surface area contributed by atoms with Crippen LogP contribution < -0.4 is 9.47 Å². The zero-order valence-corrected chi connectivity index (χ0v) is 12.0. The molecule has 1 aromatic carbocycles. The Hall–Kier alpha value is -2.54. The molecule has 1 N–H and O–H groups in total. The summed E-state index contributed by atoms with van der Waals surface area (Å²) in [5.41, 5.74) is -0.00227. The van der Waals surface area contributed by atoms with E-state index in [0.29, 0.717) is 23.1 Å². The number of ether oxygens (including phenoxy) is 2. The number of aromatic carboxylic acids is 1. The first kappa shape index (κ1) is 13.4. The van der Waals surface area contributed by atoms with Crippen molar-refractivity contribution in [2.45, 2.75) is 6.92 Å². The van der Waals surface area contributed by atoms with Gasteiger partial charge < -0.3 is 14.6 Å². The summed E-state index contributed by atoms with van der Waals surface area (Å²) in [7, 11) is 0. The van der Waals surface area contributed by atoms with Crippen LogP contribution in [0.1, 0.15) is 17.4 Å². The van der Waals surface area contributed by atoms with Gasteiger partial charge in [0, 0.05) is 11.6 Å². The van der Waals surface area contributed by atoms with Crippen LogP contribution in [-0.4, -0.2) is 27.1 Å². The SMILES string of the molecule is CCOc1ccccc1Oc1nc2sccn2c1C(=O)O. The Morgan fingerprint density at radius 2 is 2.14 bits per heavy atom. The van der Waals surface area contributed by atoms with Crippen LogP contribution in [-0.2, 0) is 0 Å². The topological polar surface area (TPSA) is 73.1 Å². The van der Waals surface area contributed by atoms with E-state index >= 15 is 0 Å². The van der Waals surface area contributed by atoms with Crippen molar-refractivity contribution in [3.63, 3.8) is 0 Å². The van der Waals surface area contributed by atoms with Crippen LogP contribution in [0.25, 0.3) is 4.96 Å². The van der Waals surface area contributed by atoms with Gasteiger partial charge in [0.15, 0.2) is 22.2 Å². The van der Waals surface area contributed by atoms with Crippen LogP contribution in [0, 0.1) is 0 Å². The third-order valence-electron chi connectivity index (χ3n) is 2.79. The first-order valence-corrected chi connectivity index (χ1v) is 7.17. The first-order valence-electron chi connectivity index (χ1n) is 6.29. The van der Waals surface area contributed by atoms with Crippen LogP contribution in [0.3, 0.4) is 0 Å². The van der Waals surface area contributed by atoms with E-state index in [4.69, 9.17) is 9.47 Å². The van der Waals surface area contributed by atoms with Crippen LogP contribution in [0.4, 0.5) is 0 Å². The summed E-state index contributed by atoms with van der Waals surface area (Å²) in [6, 6.07) is 7.08. The normalized spacial score (nSPS) is 10.7. The fraction of sp³-hybridized carbons (Fsp3) is 0.143. The highest BCUT2D eigenvalue weighted by molar-refractivity contribution is 7.15. The number of carbonyl (C=O) groups is 1. The van der Waals surface area contributed by atoms with Gasteiger partial charge in [-0.2, -0.15) is 4.98 Å². The Kier molecular flexibility index (Phi) is 3.49. The quantitative estimate of drug-likeness (QED) is 0.783. The fourth-order valence-electron chi connectivity index (χ4n) is 1.95. The lowest BCUT2D eigenvalue weighted by atomic mass is 10.3. The summed E-state index contributed by atoms with van der Waals surface area (Å²) in [6.45, 7) is 2.36. The van der Waals surface area contributed by atoms with E-state index in [-0.39, 0.29) is 11.6 Å². The summed E-state index contributed by atoms with van der Waals surface area (Å²) in [5, 5.41) is 11.1. The van der Waals surface area contributed by atoms with E-state index in [9.17, 15) is 9.90 Å². The van der Waals surface area contributed by atoms with Gasteiger partial charge in [-0.3, -0.25) is 4.40 Å². The van der Waals surface area contributed by atoms with Gasteiger partial charge >= 0.3 is 5.97 Å². The molecular formula is C14H12N2O4S. The molecule has 21 heavy (non-hydrogen) atoms. The zero-order chi connectivity index (χ0) is 14.8. The summed E-state index contributed by atoms with van der Waals surface area (Å²) < 4.78 is 12.6. The van der Waals surface area contributed by atoms with Crippen LogP contribution >= 0.6 is 11.3 Å². The van der Waals surface area contributed by atoms with Crippen molar-refractivity contribution in [1.29, 1.82) is 0 Å². The second kappa shape index (κ2) is 5.45. The number of nitrogens with zero attached hydrogens (tertiary/aromatic N) is 2. The fourth-order valence-corrected chi connectivity index (χ4v) is 2.65. The van der Waals surface area contributed by atoms with E-state index in [1.54, 1.807) is 29.8 Å². The number of carboxylic acid groups (broad SMARTS) is 1. The number of fused-ring (bicyclic) bond motifs is 1. The van der Waals surface area contributed by atoms with Crippen molar-refractivity contribution < 1.29 is 19.4 Å². The van der Waals surface area contributed by atoms with E-state index in [0.717, 1.165) is 0 Å². The van der Waals surface area contributed by atoms with Crippen molar-refractivity contribution in [3.8, 4) is 17.4 Å². The average Bonchev–Trinajstić information content (AvgIpc) is 3.01. The maximum atomic E-state index is 11.4. The lowest BCUT2D eigenvalue weighted by molar-refractivity contribution is 0.0686. The standard InChI is InChI=1S/C14H12N2O4S/c1-2-19-9-5-3-4-6-10(9)20-12-11(13(17)18)16-7-8-21-14(16)15-12/h3-8H,2H2,1H3,(H,17,18). The Bertz CT molecular complexity index is 793. The van der Waals surface area contributed by atoms with Crippen molar-refractivity contribution >= 4 is 22.3 Å². The molecule has 0 spiro atoms. The summed E-state index contributed by atoms with van der Waals surface area (Å²) in [4.78, 5) is 16.2. The monoisotopic (exact) mass is 304 g/mol. The number of rotatable bonds is 5. The minimum atomic E-state index is -1.09. The molecule has 2 heterocycles. The van der Waals surface area contributed by atoms with Gasteiger partial charge in [0.2, 0.25) is 0 Å². The molecule has 108 valence electrons. The minimum Gasteiger partial charge on any atom is -0.490 e. The molecule has 7 heteroatoms. The number of hydrogen-bond donors (Lipinski definition) is 1. The molecule has 0 aliphatic rings. The van der Waals surface area contributed by atoms with Gasteiger partial charge in [0.25, 0.3) is 5.88 Å². The number of imidazole rings is 1. The highest BCUT2D eigenvalue weighted by Gasteiger charge is 2.22. The summed E-state index contributed by atoms with van der Waals surface area (Å²) in [6.07, 6.45) is 1.65. The Labute approximate surface area is 124 Å². The first-order chi connectivity index (χ1) is 10.2. The number of carboxylic acids is 1. The molecule has 0 saturated carbocycles. The van der Waals surface area contributed by atoms with Crippen LogP contribution in [0.5, 0.6) is 17.4 Å². The van der Waals surface area contributed by atoms with E-state index in [2.05, 4.69) is 4.98 Å². The third-order valence-corrected chi connectivity index (χ3v) is 3.54. The van der Waals surface area contributed by atoms with Gasteiger partial charge in [-0.15, -0.1) is 11.3 Å². The van der Waals surface area contributed by atoms with Gasteiger partial charge in [-0.1, -0.05) is 12.1 Å².